The van der Waals surface area contributed by atoms with Crippen molar-refractivity contribution in [2.24, 2.45) is 5.92 Å². The van der Waals surface area contributed by atoms with Crippen LogP contribution in [0.25, 0.3) is 0 Å². The molecule has 1 rings (SSSR count). The van der Waals surface area contributed by atoms with Crippen molar-refractivity contribution in [1.29, 1.82) is 0 Å². The van der Waals surface area contributed by atoms with Gasteiger partial charge in [0.25, 0.3) is 5.91 Å². The zero-order valence-corrected chi connectivity index (χ0v) is 11.9. The van der Waals surface area contributed by atoms with Crippen LogP contribution >= 0.6 is 39.1 Å². The summed E-state index contributed by atoms with van der Waals surface area (Å²) < 4.78 is 0.691. The van der Waals surface area contributed by atoms with E-state index in [1.54, 1.807) is 18.2 Å². The Morgan fingerprint density at radius 3 is 2.81 bits per heavy atom. The van der Waals surface area contributed by atoms with Crippen LogP contribution in [0.2, 0.25) is 5.02 Å². The number of amides is 1. The van der Waals surface area contributed by atoms with E-state index in [0.717, 1.165) is 0 Å². The van der Waals surface area contributed by atoms with Crippen molar-refractivity contribution >= 4 is 45.0 Å². The van der Waals surface area contributed by atoms with E-state index in [1.165, 1.54) is 0 Å². The zero-order chi connectivity index (χ0) is 12.1. The van der Waals surface area contributed by atoms with E-state index in [4.69, 9.17) is 23.2 Å². The summed E-state index contributed by atoms with van der Waals surface area (Å²) in [6.07, 6.45) is 0. The fourth-order valence-corrected chi connectivity index (χ4v) is 2.06. The summed E-state index contributed by atoms with van der Waals surface area (Å²) in [6, 6.07) is 5.07. The van der Waals surface area contributed by atoms with Crippen molar-refractivity contribution in [3.63, 3.8) is 0 Å². The first kappa shape index (κ1) is 13.8. The lowest BCUT2D eigenvalue weighted by molar-refractivity contribution is 0.0948. The summed E-state index contributed by atoms with van der Waals surface area (Å²) in [6.45, 7) is 2.54. The summed E-state index contributed by atoms with van der Waals surface area (Å²) in [5.74, 6) is 0.666. The van der Waals surface area contributed by atoms with E-state index in [0.29, 0.717) is 27.5 Å². The van der Waals surface area contributed by atoms with Crippen LogP contribution in [-0.2, 0) is 0 Å². The molecule has 0 radical (unpaired) electrons. The molecule has 88 valence electrons. The van der Waals surface area contributed by atoms with Gasteiger partial charge in [0.1, 0.15) is 0 Å². The first-order valence-corrected chi connectivity index (χ1v) is 6.54. The first-order valence-electron chi connectivity index (χ1n) is 4.83. The highest BCUT2D eigenvalue weighted by molar-refractivity contribution is 9.10. The maximum absolute atomic E-state index is 11.8. The Morgan fingerprint density at radius 2 is 2.25 bits per heavy atom. The minimum absolute atomic E-state index is 0.125. The van der Waals surface area contributed by atoms with E-state index < -0.39 is 0 Å². The molecule has 0 fully saturated rings. The quantitative estimate of drug-likeness (QED) is 0.840. The van der Waals surface area contributed by atoms with E-state index in [-0.39, 0.29) is 11.8 Å². The fourth-order valence-electron chi connectivity index (χ4n) is 1.09. The highest BCUT2D eigenvalue weighted by atomic mass is 79.9. The molecule has 5 heteroatoms. The molecule has 0 saturated heterocycles. The van der Waals surface area contributed by atoms with Gasteiger partial charge in [-0.25, -0.2) is 0 Å². The number of nitrogens with one attached hydrogen (secondary N) is 1. The zero-order valence-electron chi connectivity index (χ0n) is 8.77. The normalized spacial score (nSPS) is 12.2. The number of carbonyl (C=O) groups excluding carboxylic acids is 1. The molecule has 0 aliphatic carbocycles. The van der Waals surface area contributed by atoms with Gasteiger partial charge < -0.3 is 5.32 Å². The second-order valence-corrected chi connectivity index (χ2v) is 5.19. The van der Waals surface area contributed by atoms with Crippen LogP contribution in [0, 0.1) is 5.92 Å². The molecular weight excluding hydrogens is 313 g/mol. The lowest BCUT2D eigenvalue weighted by Gasteiger charge is -2.10. The van der Waals surface area contributed by atoms with Gasteiger partial charge in [-0.1, -0.05) is 18.5 Å². The Kier molecular flexibility index (Phi) is 5.59. The molecule has 1 N–H and O–H groups in total. The third kappa shape index (κ3) is 3.96. The molecule has 0 aromatic heterocycles. The fraction of sp³-hybridized carbons (Fsp3) is 0.364. The van der Waals surface area contributed by atoms with Crippen molar-refractivity contribution in [3.8, 4) is 0 Å². The molecule has 1 atom stereocenters. The van der Waals surface area contributed by atoms with Gasteiger partial charge in [0, 0.05) is 21.9 Å². The number of hydrogen-bond acceptors (Lipinski definition) is 1. The first-order chi connectivity index (χ1) is 7.54. The number of hydrogen-bond donors (Lipinski definition) is 1. The number of rotatable bonds is 4. The van der Waals surface area contributed by atoms with E-state index >= 15 is 0 Å². The predicted molar refractivity (Wildman–Crippen MR) is 71.4 cm³/mol. The topological polar surface area (TPSA) is 29.1 Å². The van der Waals surface area contributed by atoms with Crippen molar-refractivity contribution < 1.29 is 4.79 Å². The maximum atomic E-state index is 11.8. The van der Waals surface area contributed by atoms with Gasteiger partial charge in [0.2, 0.25) is 0 Å². The van der Waals surface area contributed by atoms with E-state index in [9.17, 15) is 4.79 Å². The molecule has 1 aromatic rings. The maximum Gasteiger partial charge on any atom is 0.252 e. The van der Waals surface area contributed by atoms with E-state index in [2.05, 4.69) is 21.2 Å². The summed E-state index contributed by atoms with van der Waals surface area (Å²) in [5.41, 5.74) is 0.575. The Labute approximate surface area is 113 Å². The highest BCUT2D eigenvalue weighted by Gasteiger charge is 2.10. The Hall–Kier alpha value is -0.250. The second kappa shape index (κ2) is 6.48. The minimum atomic E-state index is -0.125. The minimum Gasteiger partial charge on any atom is -0.352 e. The lowest BCUT2D eigenvalue weighted by Crippen LogP contribution is -2.29. The summed E-state index contributed by atoms with van der Waals surface area (Å²) in [7, 11) is 0. The van der Waals surface area contributed by atoms with Crippen LogP contribution in [0.3, 0.4) is 0 Å². The predicted octanol–water partition coefficient (Wildman–Crippen LogP) is 3.71. The number of halogens is 3. The number of alkyl halides is 1. The molecule has 0 aliphatic heterocycles. The molecule has 2 nitrogen and oxygen atoms in total. The van der Waals surface area contributed by atoms with Gasteiger partial charge in [-0.15, -0.1) is 11.6 Å². The smallest absolute Gasteiger partial charge is 0.252 e. The summed E-state index contributed by atoms with van der Waals surface area (Å²) in [5, 5.41) is 3.41. The van der Waals surface area contributed by atoms with Crippen molar-refractivity contribution in [2.75, 3.05) is 12.4 Å². The van der Waals surface area contributed by atoms with Gasteiger partial charge in [-0.2, -0.15) is 0 Å². The van der Waals surface area contributed by atoms with Crippen LogP contribution in [0.4, 0.5) is 0 Å². The van der Waals surface area contributed by atoms with Gasteiger partial charge in [0.05, 0.1) is 5.56 Å². The SMILES string of the molecule is CC(CCl)CNC(=O)c1ccc(Cl)cc1Br. The Balaban J connectivity index is 2.66. The summed E-state index contributed by atoms with van der Waals surface area (Å²) in [4.78, 5) is 11.8. The van der Waals surface area contributed by atoms with Gasteiger partial charge in [0.15, 0.2) is 0 Å². The molecule has 0 heterocycles. The average molecular weight is 325 g/mol. The third-order valence-corrected chi connectivity index (χ3v) is 3.47. The monoisotopic (exact) mass is 323 g/mol. The van der Waals surface area contributed by atoms with Crippen LogP contribution in [0.15, 0.2) is 22.7 Å². The largest absolute Gasteiger partial charge is 0.352 e. The van der Waals surface area contributed by atoms with Crippen LogP contribution < -0.4 is 5.32 Å². The molecule has 0 bridgehead atoms. The lowest BCUT2D eigenvalue weighted by atomic mass is 10.2. The second-order valence-electron chi connectivity index (χ2n) is 3.59. The number of carbonyl (C=O) groups is 1. The molecule has 0 aliphatic rings. The van der Waals surface area contributed by atoms with Gasteiger partial charge in [-0.05, 0) is 40.0 Å². The third-order valence-electron chi connectivity index (χ3n) is 2.05. The molecular formula is C11H12BrCl2NO. The molecule has 1 unspecified atom stereocenters. The highest BCUT2D eigenvalue weighted by Crippen LogP contribution is 2.21. The van der Waals surface area contributed by atoms with Crippen molar-refractivity contribution in [1.82, 2.24) is 5.32 Å². The standard InChI is InChI=1S/C11H12BrCl2NO/c1-7(5-13)6-15-11(16)9-3-2-8(14)4-10(9)12/h2-4,7H,5-6H2,1H3,(H,15,16). The van der Waals surface area contributed by atoms with Crippen LogP contribution in [0.1, 0.15) is 17.3 Å². The van der Waals surface area contributed by atoms with Gasteiger partial charge >= 0.3 is 0 Å². The van der Waals surface area contributed by atoms with Crippen LogP contribution in [0.5, 0.6) is 0 Å². The molecule has 0 saturated carbocycles. The molecule has 0 spiro atoms. The van der Waals surface area contributed by atoms with Crippen molar-refractivity contribution in [2.45, 2.75) is 6.92 Å². The Bertz CT molecular complexity index is 384. The Morgan fingerprint density at radius 1 is 1.56 bits per heavy atom. The van der Waals surface area contributed by atoms with Crippen molar-refractivity contribution in [3.05, 3.63) is 33.3 Å². The van der Waals surface area contributed by atoms with Gasteiger partial charge in [-0.3, -0.25) is 4.79 Å². The van der Waals surface area contributed by atoms with E-state index in [1.807, 2.05) is 6.92 Å². The molecule has 16 heavy (non-hydrogen) atoms. The molecule has 1 aromatic carbocycles. The molecule has 1 amide bonds. The average Bonchev–Trinajstić information content (AvgIpc) is 2.25. The number of benzene rings is 1. The van der Waals surface area contributed by atoms with Crippen LogP contribution in [-0.4, -0.2) is 18.3 Å². The summed E-state index contributed by atoms with van der Waals surface area (Å²) >= 11 is 14.7.